The summed E-state index contributed by atoms with van der Waals surface area (Å²) in [7, 11) is 0. The highest BCUT2D eigenvalue weighted by Gasteiger charge is 2.23. The van der Waals surface area contributed by atoms with Gasteiger partial charge in [-0.05, 0) is 65.0 Å². The molecule has 0 aromatic carbocycles. The SMILES string of the molecule is CC/C=C\C/C=C\C/C=C\C/C=C\C/C=C\C/C=C\CC(C(=O)OCC)N(CC)CC. The summed E-state index contributed by atoms with van der Waals surface area (Å²) in [5, 5.41) is 0. The molecule has 0 rings (SSSR count). The van der Waals surface area contributed by atoms with E-state index in [-0.39, 0.29) is 12.0 Å². The van der Waals surface area contributed by atoms with Crippen LogP contribution in [0, 0.1) is 0 Å². The molecule has 0 aliphatic heterocycles. The summed E-state index contributed by atoms with van der Waals surface area (Å²) in [4.78, 5) is 14.3. The lowest BCUT2D eigenvalue weighted by atomic mass is 10.1. The van der Waals surface area contributed by atoms with E-state index in [0.717, 1.165) is 51.6 Å². The van der Waals surface area contributed by atoms with Gasteiger partial charge in [0, 0.05) is 0 Å². The van der Waals surface area contributed by atoms with E-state index in [1.807, 2.05) is 6.92 Å². The first-order valence-corrected chi connectivity index (χ1v) is 12.0. The summed E-state index contributed by atoms with van der Waals surface area (Å²) < 4.78 is 5.23. The Morgan fingerprint density at radius 3 is 1.39 bits per heavy atom. The van der Waals surface area contributed by atoms with Crippen molar-refractivity contribution < 1.29 is 9.53 Å². The molecule has 0 saturated carbocycles. The molecule has 0 aromatic heterocycles. The zero-order chi connectivity index (χ0) is 23.0. The van der Waals surface area contributed by atoms with Crippen molar-refractivity contribution in [1.82, 2.24) is 4.90 Å². The first-order chi connectivity index (χ1) is 15.2. The van der Waals surface area contributed by atoms with E-state index in [4.69, 9.17) is 4.74 Å². The van der Waals surface area contributed by atoms with Crippen molar-refractivity contribution in [3.05, 3.63) is 72.9 Å². The molecule has 0 saturated heterocycles. The Balaban J connectivity index is 4.01. The van der Waals surface area contributed by atoms with Gasteiger partial charge >= 0.3 is 5.97 Å². The van der Waals surface area contributed by atoms with Gasteiger partial charge in [0.25, 0.3) is 0 Å². The van der Waals surface area contributed by atoms with Crippen LogP contribution >= 0.6 is 0 Å². The number of rotatable bonds is 18. The maximum Gasteiger partial charge on any atom is 0.323 e. The van der Waals surface area contributed by atoms with Crippen LogP contribution < -0.4 is 0 Å². The predicted molar refractivity (Wildman–Crippen MR) is 136 cm³/mol. The van der Waals surface area contributed by atoms with E-state index in [2.05, 4.69) is 98.6 Å². The van der Waals surface area contributed by atoms with Crippen LogP contribution in [0.2, 0.25) is 0 Å². The maximum atomic E-state index is 12.2. The zero-order valence-electron chi connectivity index (χ0n) is 20.3. The molecule has 0 aliphatic rings. The van der Waals surface area contributed by atoms with Crippen LogP contribution in [-0.2, 0) is 9.53 Å². The van der Waals surface area contributed by atoms with Gasteiger partial charge in [-0.2, -0.15) is 0 Å². The second-order valence-electron chi connectivity index (χ2n) is 7.14. The number of esters is 1. The van der Waals surface area contributed by atoms with E-state index in [1.54, 1.807) is 0 Å². The van der Waals surface area contributed by atoms with Crippen molar-refractivity contribution >= 4 is 5.97 Å². The number of likely N-dealkylation sites (N-methyl/N-ethyl adjacent to an activating group) is 1. The molecule has 3 nitrogen and oxygen atoms in total. The molecule has 174 valence electrons. The minimum atomic E-state index is -0.181. The molecule has 1 unspecified atom stereocenters. The fourth-order valence-electron chi connectivity index (χ4n) is 3.04. The first-order valence-electron chi connectivity index (χ1n) is 12.0. The molecule has 1 atom stereocenters. The smallest absolute Gasteiger partial charge is 0.323 e. The molecule has 0 amide bonds. The van der Waals surface area contributed by atoms with Crippen molar-refractivity contribution in [3.63, 3.8) is 0 Å². The molecular weight excluding hydrogens is 382 g/mol. The van der Waals surface area contributed by atoms with Crippen LogP contribution in [0.4, 0.5) is 0 Å². The number of hydrogen-bond acceptors (Lipinski definition) is 3. The van der Waals surface area contributed by atoms with Gasteiger partial charge in [-0.15, -0.1) is 0 Å². The van der Waals surface area contributed by atoms with Gasteiger partial charge in [0.15, 0.2) is 0 Å². The van der Waals surface area contributed by atoms with Gasteiger partial charge < -0.3 is 4.74 Å². The normalized spacial score (nSPS) is 14.0. The molecule has 0 bridgehead atoms. The minimum absolute atomic E-state index is 0.120. The van der Waals surface area contributed by atoms with Crippen molar-refractivity contribution in [1.29, 1.82) is 0 Å². The third kappa shape index (κ3) is 17.3. The van der Waals surface area contributed by atoms with Gasteiger partial charge in [-0.3, -0.25) is 9.69 Å². The van der Waals surface area contributed by atoms with Gasteiger partial charge in [-0.25, -0.2) is 0 Å². The fourth-order valence-corrected chi connectivity index (χ4v) is 3.04. The second-order valence-corrected chi connectivity index (χ2v) is 7.14. The molecule has 0 fully saturated rings. The standard InChI is InChI=1S/C28H45NO2/c1-5-9-10-11-12-13-14-15-16-17-18-19-20-21-22-23-24-25-26-27(28(30)31-8-4)29(6-2)7-3/h9-10,12-13,15-16,18-19,21-22,24-25,27H,5-8,11,14,17,20,23,26H2,1-4H3/b10-9-,13-12-,16-15-,19-18-,22-21-,25-24-. The Bertz CT molecular complexity index is 592. The molecule has 3 heteroatoms. The number of nitrogens with zero attached hydrogens (tertiary/aromatic N) is 1. The number of allylic oxidation sites excluding steroid dienone is 11. The largest absolute Gasteiger partial charge is 0.465 e. The molecule has 0 aliphatic carbocycles. The average molecular weight is 428 g/mol. The number of carbonyl (C=O) groups is 1. The molecule has 0 heterocycles. The van der Waals surface area contributed by atoms with Gasteiger partial charge in [0.05, 0.1) is 6.61 Å². The quantitative estimate of drug-likeness (QED) is 0.169. The van der Waals surface area contributed by atoms with E-state index in [0.29, 0.717) is 13.0 Å². The second kappa shape index (κ2) is 22.6. The fraction of sp³-hybridized carbons (Fsp3) is 0.536. The highest BCUT2D eigenvalue weighted by molar-refractivity contribution is 5.76. The zero-order valence-corrected chi connectivity index (χ0v) is 20.3. The summed E-state index contributed by atoms with van der Waals surface area (Å²) in [6.07, 6.45) is 32.9. The predicted octanol–water partition coefficient (Wildman–Crippen LogP) is 7.35. The van der Waals surface area contributed by atoms with Gasteiger partial charge in [-0.1, -0.05) is 93.7 Å². The highest BCUT2D eigenvalue weighted by atomic mass is 16.5. The van der Waals surface area contributed by atoms with Gasteiger partial charge in [0.2, 0.25) is 0 Å². The van der Waals surface area contributed by atoms with Gasteiger partial charge in [0.1, 0.15) is 6.04 Å². The molecule has 31 heavy (non-hydrogen) atoms. The van der Waals surface area contributed by atoms with E-state index in [1.165, 1.54) is 0 Å². The highest BCUT2D eigenvalue weighted by Crippen LogP contribution is 2.08. The number of hydrogen-bond donors (Lipinski definition) is 0. The Labute approximate surface area is 191 Å². The summed E-state index contributed by atoms with van der Waals surface area (Å²) in [6, 6.07) is -0.181. The van der Waals surface area contributed by atoms with Crippen LogP contribution in [0.5, 0.6) is 0 Å². The molecular formula is C28H45NO2. The summed E-state index contributed by atoms with van der Waals surface area (Å²) in [5.74, 6) is -0.120. The third-order valence-corrected chi connectivity index (χ3v) is 4.77. The molecule has 0 radical (unpaired) electrons. The molecule has 0 spiro atoms. The van der Waals surface area contributed by atoms with Crippen LogP contribution in [0.15, 0.2) is 72.9 Å². The first kappa shape index (κ1) is 28.9. The summed E-state index contributed by atoms with van der Waals surface area (Å²) >= 11 is 0. The average Bonchev–Trinajstić information content (AvgIpc) is 2.77. The van der Waals surface area contributed by atoms with Crippen LogP contribution in [0.3, 0.4) is 0 Å². The summed E-state index contributed by atoms with van der Waals surface area (Å²) in [6.45, 7) is 10.3. The molecule has 0 aromatic rings. The van der Waals surface area contributed by atoms with Crippen LogP contribution in [-0.4, -0.2) is 36.6 Å². The Hall–Kier alpha value is -2.13. The van der Waals surface area contributed by atoms with Crippen molar-refractivity contribution in [2.45, 2.75) is 78.7 Å². The van der Waals surface area contributed by atoms with E-state index >= 15 is 0 Å². The lowest BCUT2D eigenvalue weighted by Crippen LogP contribution is -2.41. The Morgan fingerprint density at radius 1 is 0.645 bits per heavy atom. The van der Waals surface area contributed by atoms with E-state index in [9.17, 15) is 4.79 Å². The van der Waals surface area contributed by atoms with Crippen molar-refractivity contribution in [3.8, 4) is 0 Å². The lowest BCUT2D eigenvalue weighted by Gasteiger charge is -2.26. The number of ether oxygens (including phenoxy) is 1. The third-order valence-electron chi connectivity index (χ3n) is 4.77. The maximum absolute atomic E-state index is 12.2. The minimum Gasteiger partial charge on any atom is -0.465 e. The van der Waals surface area contributed by atoms with E-state index < -0.39 is 0 Å². The Kier molecular flexibility index (Phi) is 21.0. The van der Waals surface area contributed by atoms with Crippen LogP contribution in [0.25, 0.3) is 0 Å². The molecule has 0 N–H and O–H groups in total. The lowest BCUT2D eigenvalue weighted by molar-refractivity contribution is -0.149. The van der Waals surface area contributed by atoms with Crippen molar-refractivity contribution in [2.24, 2.45) is 0 Å². The van der Waals surface area contributed by atoms with Crippen molar-refractivity contribution in [2.75, 3.05) is 19.7 Å². The number of carbonyl (C=O) groups excluding carboxylic acids is 1. The summed E-state index contributed by atoms with van der Waals surface area (Å²) in [5.41, 5.74) is 0. The Morgan fingerprint density at radius 2 is 1.03 bits per heavy atom. The monoisotopic (exact) mass is 427 g/mol. The topological polar surface area (TPSA) is 29.5 Å². The van der Waals surface area contributed by atoms with Crippen LogP contribution in [0.1, 0.15) is 72.6 Å².